The number of carbonyl (C=O) groups is 1. The molecule has 0 saturated heterocycles. The molecule has 0 aromatic heterocycles. The molecule has 1 aliphatic rings. The standard InChI is InChI=1S/C23H14Cl2N2O5/c24-16-7-5-14(6-8-16)13-31-21-4-2-1-3-15(21)11-20-23(28)32-22(26-20)18-12-17(27(29)30)9-10-19(18)25/h1-12H,13H2/b20-11-. The number of non-ortho nitro benzene ring substituents is 1. The number of nitro benzene ring substituents is 1. The summed E-state index contributed by atoms with van der Waals surface area (Å²) in [6, 6.07) is 18.2. The molecule has 0 saturated carbocycles. The Morgan fingerprint density at radius 3 is 2.56 bits per heavy atom. The lowest BCUT2D eigenvalue weighted by molar-refractivity contribution is -0.384. The van der Waals surface area contributed by atoms with Gasteiger partial charge in [0.2, 0.25) is 5.90 Å². The number of nitrogens with zero attached hydrogens (tertiary/aromatic N) is 2. The van der Waals surface area contributed by atoms with Crippen molar-refractivity contribution in [3.63, 3.8) is 0 Å². The molecule has 0 radical (unpaired) electrons. The van der Waals surface area contributed by atoms with Gasteiger partial charge in [-0.05, 0) is 35.9 Å². The Labute approximate surface area is 192 Å². The molecular formula is C23H14Cl2N2O5. The molecule has 3 aromatic rings. The topological polar surface area (TPSA) is 91.0 Å². The fourth-order valence-corrected chi connectivity index (χ4v) is 3.26. The third-order valence-electron chi connectivity index (χ3n) is 4.53. The molecule has 0 bridgehead atoms. The molecule has 0 N–H and O–H groups in total. The first-order valence-electron chi connectivity index (χ1n) is 9.34. The Hall–Kier alpha value is -3.68. The number of cyclic esters (lactones) is 1. The predicted molar refractivity (Wildman–Crippen MR) is 121 cm³/mol. The quantitative estimate of drug-likeness (QED) is 0.196. The average Bonchev–Trinajstić information content (AvgIpc) is 3.14. The van der Waals surface area contributed by atoms with Crippen molar-refractivity contribution >= 4 is 46.8 Å². The first kappa shape index (κ1) is 21.5. The number of ether oxygens (including phenoxy) is 2. The van der Waals surface area contributed by atoms with Gasteiger partial charge in [0, 0.05) is 22.7 Å². The SMILES string of the molecule is O=C1OC(c2cc([N+](=O)[O-])ccc2Cl)=N/C1=C\c1ccccc1OCc1ccc(Cl)cc1. The number of aliphatic imine (C=N–C) groups is 1. The number of hydrogen-bond acceptors (Lipinski definition) is 6. The van der Waals surface area contributed by atoms with Crippen molar-refractivity contribution in [2.45, 2.75) is 6.61 Å². The van der Waals surface area contributed by atoms with E-state index < -0.39 is 10.9 Å². The minimum absolute atomic E-state index is 0.0186. The van der Waals surface area contributed by atoms with Crippen LogP contribution in [0, 0.1) is 10.1 Å². The van der Waals surface area contributed by atoms with Gasteiger partial charge in [-0.25, -0.2) is 9.79 Å². The molecule has 1 aliphatic heterocycles. The Morgan fingerprint density at radius 2 is 1.81 bits per heavy atom. The molecular weight excluding hydrogens is 455 g/mol. The zero-order chi connectivity index (χ0) is 22.7. The number of rotatable bonds is 6. The molecule has 0 aliphatic carbocycles. The third kappa shape index (κ3) is 4.80. The maximum absolute atomic E-state index is 12.4. The van der Waals surface area contributed by atoms with Crippen LogP contribution in [-0.4, -0.2) is 16.8 Å². The molecule has 4 rings (SSSR count). The van der Waals surface area contributed by atoms with Gasteiger partial charge in [-0.3, -0.25) is 10.1 Å². The number of benzene rings is 3. The van der Waals surface area contributed by atoms with E-state index in [4.69, 9.17) is 32.7 Å². The fourth-order valence-electron chi connectivity index (χ4n) is 2.94. The Kier molecular flexibility index (Phi) is 6.20. The lowest BCUT2D eigenvalue weighted by Gasteiger charge is -2.09. The van der Waals surface area contributed by atoms with Gasteiger partial charge in [0.15, 0.2) is 5.70 Å². The summed E-state index contributed by atoms with van der Waals surface area (Å²) in [6.45, 7) is 0.305. The lowest BCUT2D eigenvalue weighted by Crippen LogP contribution is -2.06. The van der Waals surface area contributed by atoms with Crippen molar-refractivity contribution in [2.75, 3.05) is 0 Å². The van der Waals surface area contributed by atoms with Crippen molar-refractivity contribution < 1.29 is 19.2 Å². The monoisotopic (exact) mass is 468 g/mol. The Morgan fingerprint density at radius 1 is 1.06 bits per heavy atom. The van der Waals surface area contributed by atoms with E-state index in [-0.39, 0.29) is 27.9 Å². The normalized spacial score (nSPS) is 14.2. The molecule has 0 unspecified atom stereocenters. The van der Waals surface area contributed by atoms with Crippen molar-refractivity contribution in [3.05, 3.63) is 109 Å². The highest BCUT2D eigenvalue weighted by atomic mass is 35.5. The van der Waals surface area contributed by atoms with Gasteiger partial charge in [0.25, 0.3) is 5.69 Å². The van der Waals surface area contributed by atoms with Crippen LogP contribution in [0.1, 0.15) is 16.7 Å². The van der Waals surface area contributed by atoms with E-state index in [1.165, 1.54) is 24.3 Å². The summed E-state index contributed by atoms with van der Waals surface area (Å²) in [5, 5.41) is 11.9. The number of nitro groups is 1. The van der Waals surface area contributed by atoms with Crippen LogP contribution in [0.3, 0.4) is 0 Å². The van der Waals surface area contributed by atoms with Crippen LogP contribution in [-0.2, 0) is 16.1 Å². The predicted octanol–water partition coefficient (Wildman–Crippen LogP) is 5.83. The summed E-state index contributed by atoms with van der Waals surface area (Å²) in [7, 11) is 0. The molecule has 1 heterocycles. The molecule has 9 heteroatoms. The summed E-state index contributed by atoms with van der Waals surface area (Å²) in [4.78, 5) is 27.1. The Bertz CT molecular complexity index is 1270. The second kappa shape index (κ2) is 9.21. The van der Waals surface area contributed by atoms with Crippen LogP contribution in [0.2, 0.25) is 10.0 Å². The number of carbonyl (C=O) groups excluding carboxylic acids is 1. The van der Waals surface area contributed by atoms with Gasteiger partial charge in [-0.1, -0.05) is 53.5 Å². The van der Waals surface area contributed by atoms with Gasteiger partial charge >= 0.3 is 5.97 Å². The minimum atomic E-state index is -0.699. The van der Waals surface area contributed by atoms with Crippen molar-refractivity contribution in [1.82, 2.24) is 0 Å². The lowest BCUT2D eigenvalue weighted by atomic mass is 10.1. The highest BCUT2D eigenvalue weighted by Crippen LogP contribution is 2.29. The van der Waals surface area contributed by atoms with E-state index in [1.54, 1.807) is 30.3 Å². The Balaban J connectivity index is 1.61. The van der Waals surface area contributed by atoms with Crippen LogP contribution in [0.15, 0.2) is 77.4 Å². The summed E-state index contributed by atoms with van der Waals surface area (Å²) >= 11 is 12.0. The number of hydrogen-bond donors (Lipinski definition) is 0. The van der Waals surface area contributed by atoms with Gasteiger partial charge in [0.1, 0.15) is 12.4 Å². The van der Waals surface area contributed by atoms with E-state index in [0.29, 0.717) is 22.9 Å². The maximum Gasteiger partial charge on any atom is 0.363 e. The van der Waals surface area contributed by atoms with E-state index in [2.05, 4.69) is 4.99 Å². The van der Waals surface area contributed by atoms with Crippen LogP contribution in [0.5, 0.6) is 5.75 Å². The highest BCUT2D eigenvalue weighted by Gasteiger charge is 2.27. The fraction of sp³-hybridized carbons (Fsp3) is 0.0435. The molecule has 3 aromatic carbocycles. The molecule has 160 valence electrons. The van der Waals surface area contributed by atoms with Crippen molar-refractivity contribution in [3.8, 4) is 5.75 Å². The summed E-state index contributed by atoms with van der Waals surface area (Å²) in [5.41, 5.74) is 1.53. The summed E-state index contributed by atoms with van der Waals surface area (Å²) < 4.78 is 11.1. The zero-order valence-corrected chi connectivity index (χ0v) is 17.8. The van der Waals surface area contributed by atoms with E-state index in [1.807, 2.05) is 18.2 Å². The number of para-hydroxylation sites is 1. The molecule has 32 heavy (non-hydrogen) atoms. The van der Waals surface area contributed by atoms with Gasteiger partial charge in [-0.2, -0.15) is 0 Å². The minimum Gasteiger partial charge on any atom is -0.488 e. The van der Waals surface area contributed by atoms with Crippen LogP contribution in [0.25, 0.3) is 6.08 Å². The van der Waals surface area contributed by atoms with Crippen LogP contribution in [0.4, 0.5) is 5.69 Å². The molecule has 0 atom stereocenters. The highest BCUT2D eigenvalue weighted by molar-refractivity contribution is 6.34. The zero-order valence-electron chi connectivity index (χ0n) is 16.3. The summed E-state index contributed by atoms with van der Waals surface area (Å²) in [6.07, 6.45) is 1.53. The first-order valence-corrected chi connectivity index (χ1v) is 10.1. The molecule has 0 amide bonds. The number of halogens is 2. The second-order valence-electron chi connectivity index (χ2n) is 6.71. The van der Waals surface area contributed by atoms with E-state index in [9.17, 15) is 14.9 Å². The first-order chi connectivity index (χ1) is 15.4. The van der Waals surface area contributed by atoms with E-state index >= 15 is 0 Å². The van der Waals surface area contributed by atoms with Crippen LogP contribution >= 0.6 is 23.2 Å². The molecule has 0 spiro atoms. The number of esters is 1. The largest absolute Gasteiger partial charge is 0.488 e. The maximum atomic E-state index is 12.4. The smallest absolute Gasteiger partial charge is 0.363 e. The van der Waals surface area contributed by atoms with Gasteiger partial charge < -0.3 is 9.47 Å². The third-order valence-corrected chi connectivity index (χ3v) is 5.11. The molecule has 0 fully saturated rings. The van der Waals surface area contributed by atoms with Crippen molar-refractivity contribution in [1.29, 1.82) is 0 Å². The second-order valence-corrected chi connectivity index (χ2v) is 7.55. The summed E-state index contributed by atoms with van der Waals surface area (Å²) in [5.74, 6) is -0.260. The van der Waals surface area contributed by atoms with E-state index in [0.717, 1.165) is 5.56 Å². The van der Waals surface area contributed by atoms with Crippen molar-refractivity contribution in [2.24, 2.45) is 4.99 Å². The van der Waals surface area contributed by atoms with Crippen LogP contribution < -0.4 is 4.74 Å². The molecule has 7 nitrogen and oxygen atoms in total. The van der Waals surface area contributed by atoms with Gasteiger partial charge in [0.05, 0.1) is 15.5 Å². The van der Waals surface area contributed by atoms with Gasteiger partial charge in [-0.15, -0.1) is 0 Å². The average molecular weight is 469 g/mol.